The van der Waals surface area contributed by atoms with E-state index in [1.807, 2.05) is 77.3 Å². The maximum absolute atomic E-state index is 12.6. The first-order valence-corrected chi connectivity index (χ1v) is 16.5. The number of fused-ring (bicyclic) bond motifs is 2. The summed E-state index contributed by atoms with van der Waals surface area (Å²) in [6, 6.07) is 26.8. The molecule has 13 heteroatoms. The van der Waals surface area contributed by atoms with Crippen LogP contribution in [0.4, 0.5) is 8.78 Å². The van der Waals surface area contributed by atoms with E-state index in [2.05, 4.69) is 19.9 Å². The third-order valence-electron chi connectivity index (χ3n) is 8.15. The fourth-order valence-electron chi connectivity index (χ4n) is 5.38. The van der Waals surface area contributed by atoms with E-state index in [-0.39, 0.29) is 17.1 Å². The molecular weight excluding hydrogens is 670 g/mol. The van der Waals surface area contributed by atoms with Crippen LogP contribution < -0.4 is 14.2 Å². The Kier molecular flexibility index (Phi) is 11.6. The van der Waals surface area contributed by atoms with Crippen molar-refractivity contribution in [3.05, 3.63) is 133 Å². The predicted molar refractivity (Wildman–Crippen MR) is 190 cm³/mol. The standard InChI is InChI=1S/C25H23N3O4.C13H11N3O.CH2F2/c1-31-22-11-18(10-21(30)25(22)20(29)9-16-7-8-16)19-13-26-23-12-24(27-15-28(19)23)32-14-17-5-3-2-4-6-17;1-2-4-11(5-3-1)9-17-13-8-12-14-6-7-16(12)10-15-13;2-1-3/h2-6,10-13,15-16,30H,7-9,14H2,1H3;1-8,10H,9H2;1H2. The topological polar surface area (TPSA) is 125 Å². The lowest BCUT2D eigenvalue weighted by atomic mass is 10.0. The quantitative estimate of drug-likeness (QED) is 0.134. The number of carbonyl (C=O) groups is 1. The van der Waals surface area contributed by atoms with Crippen LogP contribution in [0.3, 0.4) is 0 Å². The Balaban J connectivity index is 0.000000194. The van der Waals surface area contributed by atoms with Crippen molar-refractivity contribution in [3.8, 4) is 34.5 Å². The normalized spacial score (nSPS) is 12.0. The Morgan fingerprint density at radius 3 is 2.06 bits per heavy atom. The maximum atomic E-state index is 12.6. The van der Waals surface area contributed by atoms with Gasteiger partial charge in [0.1, 0.15) is 54.2 Å². The smallest absolute Gasteiger partial charge is 0.229 e. The second kappa shape index (κ2) is 17.0. The lowest BCUT2D eigenvalue weighted by molar-refractivity contribution is 0.0970. The van der Waals surface area contributed by atoms with Gasteiger partial charge in [0.05, 0.1) is 19.0 Å². The van der Waals surface area contributed by atoms with Crippen LogP contribution in [-0.2, 0) is 13.2 Å². The summed E-state index contributed by atoms with van der Waals surface area (Å²) in [5, 5.41) is 10.6. The van der Waals surface area contributed by atoms with E-state index in [9.17, 15) is 18.7 Å². The number of imidazole rings is 2. The van der Waals surface area contributed by atoms with Crippen LogP contribution in [0.2, 0.25) is 0 Å². The molecule has 266 valence electrons. The number of alkyl halides is 2. The number of halogens is 2. The van der Waals surface area contributed by atoms with Crippen molar-refractivity contribution >= 4 is 17.1 Å². The van der Waals surface area contributed by atoms with Crippen molar-refractivity contribution in [1.29, 1.82) is 0 Å². The minimum atomic E-state index is -1.75. The highest BCUT2D eigenvalue weighted by Gasteiger charge is 2.28. The van der Waals surface area contributed by atoms with Crippen LogP contribution in [0.25, 0.3) is 22.6 Å². The van der Waals surface area contributed by atoms with Crippen molar-refractivity contribution < 1.29 is 32.9 Å². The van der Waals surface area contributed by atoms with Crippen LogP contribution >= 0.6 is 0 Å². The van der Waals surface area contributed by atoms with Crippen LogP contribution in [0.1, 0.15) is 40.7 Å². The van der Waals surface area contributed by atoms with Gasteiger partial charge in [0.2, 0.25) is 18.7 Å². The fraction of sp³-hybridized carbons (Fsp3) is 0.205. The fourth-order valence-corrected chi connectivity index (χ4v) is 5.38. The molecule has 1 aliphatic carbocycles. The molecule has 1 aliphatic rings. The monoisotopic (exact) mass is 706 g/mol. The number of rotatable bonds is 11. The maximum Gasteiger partial charge on any atom is 0.229 e. The number of nitrogens with zero attached hydrogens (tertiary/aromatic N) is 6. The molecule has 0 amide bonds. The number of ketones is 1. The van der Waals surface area contributed by atoms with Crippen molar-refractivity contribution in [2.24, 2.45) is 5.92 Å². The third kappa shape index (κ3) is 9.04. The summed E-state index contributed by atoms with van der Waals surface area (Å²) in [7, 11) is 1.50. The Bertz CT molecular complexity index is 2230. The molecule has 8 rings (SSSR count). The van der Waals surface area contributed by atoms with Crippen LogP contribution in [0.5, 0.6) is 23.3 Å². The average molecular weight is 707 g/mol. The molecule has 11 nitrogen and oxygen atoms in total. The molecular formula is C39H36F2N6O5. The van der Waals surface area contributed by atoms with E-state index in [0.717, 1.165) is 35.3 Å². The summed E-state index contributed by atoms with van der Waals surface area (Å²) in [4.78, 5) is 29.8. The van der Waals surface area contributed by atoms with Crippen molar-refractivity contribution in [2.45, 2.75) is 32.5 Å². The Morgan fingerprint density at radius 2 is 1.44 bits per heavy atom. The molecule has 0 saturated heterocycles. The number of phenolic OH excluding ortho intramolecular Hbond substituents is 1. The SMILES string of the molecule is COc1cc(-c2cnc3cc(OCc4ccccc4)ncn23)cc(O)c1C(=O)CC1CC1.FCF.c1ccc(COc2cc3nccn3cn2)cc1. The van der Waals surface area contributed by atoms with E-state index in [4.69, 9.17) is 14.2 Å². The molecule has 52 heavy (non-hydrogen) atoms. The second-order valence-corrected chi connectivity index (χ2v) is 11.8. The summed E-state index contributed by atoms with van der Waals surface area (Å²) < 4.78 is 39.7. The van der Waals surface area contributed by atoms with Gasteiger partial charge < -0.3 is 19.3 Å². The van der Waals surface area contributed by atoms with Gasteiger partial charge in [0, 0.05) is 36.5 Å². The summed E-state index contributed by atoms with van der Waals surface area (Å²) >= 11 is 0. The van der Waals surface area contributed by atoms with Gasteiger partial charge >= 0.3 is 0 Å². The number of carbonyl (C=O) groups excluding carboxylic acids is 1. The van der Waals surface area contributed by atoms with Crippen LogP contribution in [-0.4, -0.2) is 53.7 Å². The van der Waals surface area contributed by atoms with Gasteiger partial charge in [-0.15, -0.1) is 0 Å². The van der Waals surface area contributed by atoms with E-state index >= 15 is 0 Å². The summed E-state index contributed by atoms with van der Waals surface area (Å²) in [6.07, 6.45) is 11.2. The number of aromatic nitrogens is 6. The highest BCUT2D eigenvalue weighted by molar-refractivity contribution is 6.02. The zero-order valence-corrected chi connectivity index (χ0v) is 28.3. The highest BCUT2D eigenvalue weighted by atomic mass is 19.3. The molecule has 7 aromatic rings. The van der Waals surface area contributed by atoms with Gasteiger partial charge in [-0.05, 0) is 42.0 Å². The molecule has 1 N–H and O–H groups in total. The number of aromatic hydroxyl groups is 1. The summed E-state index contributed by atoms with van der Waals surface area (Å²) in [5.41, 5.74) is 5.31. The zero-order valence-electron chi connectivity index (χ0n) is 28.3. The van der Waals surface area contributed by atoms with E-state index in [0.29, 0.717) is 54.3 Å². The van der Waals surface area contributed by atoms with Gasteiger partial charge in [-0.25, -0.2) is 28.7 Å². The number of benzene rings is 3. The van der Waals surface area contributed by atoms with Crippen LogP contribution in [0, 0.1) is 5.92 Å². The first-order chi connectivity index (χ1) is 25.4. The third-order valence-corrected chi connectivity index (χ3v) is 8.15. The molecule has 1 fully saturated rings. The molecule has 1 saturated carbocycles. The van der Waals surface area contributed by atoms with Gasteiger partial charge in [0.15, 0.2) is 5.78 Å². The molecule has 0 spiro atoms. The van der Waals surface area contributed by atoms with Crippen molar-refractivity contribution in [3.63, 3.8) is 0 Å². The highest BCUT2D eigenvalue weighted by Crippen LogP contribution is 2.39. The Labute approximate surface area is 298 Å². The minimum Gasteiger partial charge on any atom is -0.507 e. The van der Waals surface area contributed by atoms with E-state index < -0.39 is 6.93 Å². The molecule has 4 heterocycles. The molecule has 0 unspecified atom stereocenters. The van der Waals surface area contributed by atoms with Gasteiger partial charge in [-0.1, -0.05) is 60.7 Å². The molecule has 0 bridgehead atoms. The molecule has 0 aliphatic heterocycles. The van der Waals surface area contributed by atoms with E-state index in [1.165, 1.54) is 7.11 Å². The predicted octanol–water partition coefficient (Wildman–Crippen LogP) is 7.86. The lowest BCUT2D eigenvalue weighted by Gasteiger charge is -2.12. The lowest BCUT2D eigenvalue weighted by Crippen LogP contribution is -2.04. The van der Waals surface area contributed by atoms with Crippen molar-refractivity contribution in [1.82, 2.24) is 28.7 Å². The molecule has 3 aromatic carbocycles. The number of methoxy groups -OCH3 is 1. The Hall–Kier alpha value is -6.37. The van der Waals surface area contributed by atoms with Gasteiger partial charge in [-0.3, -0.25) is 13.6 Å². The number of hydrogen-bond acceptors (Lipinski definition) is 9. The number of phenols is 1. The largest absolute Gasteiger partial charge is 0.507 e. The first-order valence-electron chi connectivity index (χ1n) is 16.5. The minimum absolute atomic E-state index is 0.0873. The van der Waals surface area contributed by atoms with Gasteiger partial charge in [0.25, 0.3) is 0 Å². The summed E-state index contributed by atoms with van der Waals surface area (Å²) in [5.74, 6) is 1.67. The van der Waals surface area contributed by atoms with Gasteiger partial charge in [-0.2, -0.15) is 0 Å². The number of hydrogen-bond donors (Lipinski definition) is 1. The first kappa shape index (κ1) is 35.5. The van der Waals surface area contributed by atoms with Crippen molar-refractivity contribution in [2.75, 3.05) is 14.0 Å². The zero-order chi connectivity index (χ0) is 36.3. The van der Waals surface area contributed by atoms with E-state index in [1.54, 1.807) is 47.6 Å². The average Bonchev–Trinajstić information content (AvgIpc) is 3.68. The Morgan fingerprint density at radius 1 is 0.827 bits per heavy atom. The molecule has 4 aromatic heterocycles. The molecule has 0 radical (unpaired) electrons. The van der Waals surface area contributed by atoms with Crippen LogP contribution in [0.15, 0.2) is 116 Å². The summed E-state index contributed by atoms with van der Waals surface area (Å²) in [6.45, 7) is -0.816. The number of ether oxygens (including phenoxy) is 3. The number of Topliss-reactive ketones (excluding diaryl/α,β-unsaturated/α-hetero) is 1. The molecule has 0 atom stereocenters. The second-order valence-electron chi connectivity index (χ2n) is 11.8.